The van der Waals surface area contributed by atoms with Crippen molar-refractivity contribution in [3.05, 3.63) is 52.5 Å². The summed E-state index contributed by atoms with van der Waals surface area (Å²) >= 11 is 3.40. The summed E-state index contributed by atoms with van der Waals surface area (Å²) in [6, 6.07) is 12.7. The Labute approximate surface area is 201 Å². The van der Waals surface area contributed by atoms with Crippen LogP contribution < -0.4 is 9.47 Å². The molecule has 2 amide bonds. The third-order valence-electron chi connectivity index (χ3n) is 6.03. The number of aromatic hydroxyl groups is 1. The number of likely N-dealkylation sites (tertiary alicyclic amines) is 1. The summed E-state index contributed by atoms with van der Waals surface area (Å²) < 4.78 is 17.0. The predicted molar refractivity (Wildman–Crippen MR) is 125 cm³/mol. The predicted octanol–water partition coefficient (Wildman–Crippen LogP) is 3.60. The molecule has 1 atom stereocenters. The minimum absolute atomic E-state index is 0.0000268. The molecule has 176 valence electrons. The first kappa shape index (κ1) is 23.2. The number of carbonyl (C=O) groups excluding carboxylic acids is 2. The van der Waals surface area contributed by atoms with Crippen LogP contribution in [0.2, 0.25) is 0 Å². The Balaban J connectivity index is 1.27. The maximum Gasteiger partial charge on any atom is 0.410 e. The van der Waals surface area contributed by atoms with Crippen molar-refractivity contribution in [3.63, 3.8) is 0 Å². The molecule has 2 heterocycles. The lowest BCUT2D eigenvalue weighted by molar-refractivity contribution is -0.131. The zero-order valence-corrected chi connectivity index (χ0v) is 20.0. The summed E-state index contributed by atoms with van der Waals surface area (Å²) in [7, 11) is 1.47. The highest BCUT2D eigenvalue weighted by molar-refractivity contribution is 9.10. The van der Waals surface area contributed by atoms with Gasteiger partial charge in [0.15, 0.2) is 17.6 Å². The lowest BCUT2D eigenvalue weighted by Gasteiger charge is -2.35. The van der Waals surface area contributed by atoms with Gasteiger partial charge in [0.25, 0.3) is 0 Å². The zero-order chi connectivity index (χ0) is 23.4. The Bertz CT molecular complexity index is 994. The summed E-state index contributed by atoms with van der Waals surface area (Å²) in [6.45, 7) is 1.95. The maximum atomic E-state index is 12.8. The van der Waals surface area contributed by atoms with Crippen molar-refractivity contribution in [1.82, 2.24) is 9.80 Å². The zero-order valence-electron chi connectivity index (χ0n) is 18.4. The van der Waals surface area contributed by atoms with Gasteiger partial charge in [0.2, 0.25) is 5.91 Å². The molecule has 2 aromatic rings. The van der Waals surface area contributed by atoms with Crippen molar-refractivity contribution in [3.8, 4) is 17.2 Å². The molecule has 0 aliphatic carbocycles. The van der Waals surface area contributed by atoms with Gasteiger partial charge in [-0.15, -0.1) is 0 Å². The number of carbonyl (C=O) groups is 2. The first-order chi connectivity index (χ1) is 15.9. The van der Waals surface area contributed by atoms with Gasteiger partial charge in [-0.1, -0.05) is 34.1 Å². The number of para-hydroxylation sites is 1. The number of nitrogens with zero attached hydrogens (tertiary/aromatic N) is 2. The van der Waals surface area contributed by atoms with Gasteiger partial charge < -0.3 is 29.1 Å². The third kappa shape index (κ3) is 5.52. The number of phenols is 1. The molecular formula is C24H27BrN2O6. The van der Waals surface area contributed by atoms with Crippen LogP contribution in [0.15, 0.2) is 46.9 Å². The fraction of sp³-hybridized carbons (Fsp3) is 0.417. The SMILES string of the molecule is COc1cc(CC(=O)N2CCC(N3CC(COc4ccccc4)OC3=O)CC2)c(Br)cc1O. The topological polar surface area (TPSA) is 88.5 Å². The van der Waals surface area contributed by atoms with Gasteiger partial charge >= 0.3 is 6.09 Å². The molecule has 8 nitrogen and oxygen atoms in total. The standard InChI is InChI=1S/C24H27BrN2O6/c1-31-22-11-16(20(25)13-21(22)28)12-23(29)26-9-7-17(8-10-26)27-14-19(33-24(27)30)15-32-18-5-3-2-4-6-18/h2-6,11,13,17,19,28H,7-10,12,14-15H2,1H3. The second-order valence-corrected chi connectivity index (χ2v) is 9.04. The van der Waals surface area contributed by atoms with Crippen molar-refractivity contribution in [2.45, 2.75) is 31.4 Å². The smallest absolute Gasteiger partial charge is 0.410 e. The Hall–Kier alpha value is -2.94. The normalized spacial score (nSPS) is 18.8. The molecule has 2 aromatic carbocycles. The number of hydrogen-bond donors (Lipinski definition) is 1. The molecule has 0 bridgehead atoms. The number of halogens is 1. The van der Waals surface area contributed by atoms with E-state index >= 15 is 0 Å². The van der Waals surface area contributed by atoms with E-state index in [-0.39, 0.29) is 36.3 Å². The molecule has 2 aliphatic rings. The van der Waals surface area contributed by atoms with Crippen molar-refractivity contribution < 1.29 is 28.9 Å². The van der Waals surface area contributed by atoms with Crippen LogP contribution in [0.1, 0.15) is 18.4 Å². The van der Waals surface area contributed by atoms with Gasteiger partial charge in [-0.25, -0.2) is 4.79 Å². The first-order valence-electron chi connectivity index (χ1n) is 10.9. The average Bonchev–Trinajstić information content (AvgIpc) is 3.20. The Morgan fingerprint density at radius 3 is 2.64 bits per heavy atom. The molecule has 33 heavy (non-hydrogen) atoms. The summed E-state index contributed by atoms with van der Waals surface area (Å²) in [6.07, 6.45) is 0.980. The largest absolute Gasteiger partial charge is 0.504 e. The number of hydrogen-bond acceptors (Lipinski definition) is 6. The highest BCUT2D eigenvalue weighted by Crippen LogP contribution is 2.33. The Kier molecular flexibility index (Phi) is 7.27. The van der Waals surface area contributed by atoms with Crippen LogP contribution >= 0.6 is 15.9 Å². The van der Waals surface area contributed by atoms with Crippen molar-refractivity contribution in [2.75, 3.05) is 33.4 Å². The summed E-state index contributed by atoms with van der Waals surface area (Å²) in [5, 5.41) is 9.86. The molecular weight excluding hydrogens is 492 g/mol. The number of piperidine rings is 1. The molecule has 0 spiro atoms. The number of phenolic OH excluding ortho intramolecular Hbond substituents is 1. The Morgan fingerprint density at radius 1 is 1.21 bits per heavy atom. The fourth-order valence-corrected chi connectivity index (χ4v) is 4.69. The van der Waals surface area contributed by atoms with Crippen molar-refractivity contribution in [2.24, 2.45) is 0 Å². The van der Waals surface area contributed by atoms with Gasteiger partial charge in [-0.05, 0) is 42.7 Å². The maximum absolute atomic E-state index is 12.8. The van der Waals surface area contributed by atoms with Gasteiger partial charge in [-0.2, -0.15) is 0 Å². The molecule has 0 aromatic heterocycles. The lowest BCUT2D eigenvalue weighted by Crippen LogP contribution is -2.47. The van der Waals surface area contributed by atoms with Gasteiger partial charge in [0.05, 0.1) is 20.1 Å². The van der Waals surface area contributed by atoms with Crippen LogP contribution in [0.25, 0.3) is 0 Å². The molecule has 2 aliphatic heterocycles. The highest BCUT2D eigenvalue weighted by Gasteiger charge is 2.38. The van der Waals surface area contributed by atoms with Crippen LogP contribution in [-0.4, -0.2) is 72.4 Å². The molecule has 2 saturated heterocycles. The Morgan fingerprint density at radius 2 is 1.94 bits per heavy atom. The molecule has 1 unspecified atom stereocenters. The molecule has 9 heteroatoms. The van der Waals surface area contributed by atoms with E-state index in [0.717, 1.165) is 11.3 Å². The number of ether oxygens (including phenoxy) is 3. The summed E-state index contributed by atoms with van der Waals surface area (Å²) in [5.41, 5.74) is 0.751. The van der Waals surface area contributed by atoms with E-state index in [2.05, 4.69) is 15.9 Å². The fourth-order valence-electron chi connectivity index (χ4n) is 4.22. The van der Waals surface area contributed by atoms with Crippen LogP contribution in [0, 0.1) is 0 Å². The molecule has 1 N–H and O–H groups in total. The van der Waals surface area contributed by atoms with E-state index in [1.165, 1.54) is 13.2 Å². The van der Waals surface area contributed by atoms with E-state index in [9.17, 15) is 14.7 Å². The van der Waals surface area contributed by atoms with Gasteiger partial charge in [0.1, 0.15) is 12.4 Å². The van der Waals surface area contributed by atoms with Crippen LogP contribution in [-0.2, 0) is 16.0 Å². The number of cyclic esters (lactones) is 1. The summed E-state index contributed by atoms with van der Waals surface area (Å²) in [5.74, 6) is 1.10. The van der Waals surface area contributed by atoms with E-state index in [1.807, 2.05) is 35.2 Å². The lowest BCUT2D eigenvalue weighted by atomic mass is 10.0. The van der Waals surface area contributed by atoms with Crippen LogP contribution in [0.3, 0.4) is 0 Å². The minimum atomic E-state index is -0.318. The average molecular weight is 519 g/mol. The van der Waals surface area contributed by atoms with Crippen molar-refractivity contribution in [1.29, 1.82) is 0 Å². The molecule has 2 fully saturated rings. The molecule has 4 rings (SSSR count). The number of methoxy groups -OCH3 is 1. The van der Waals surface area contributed by atoms with E-state index in [1.54, 1.807) is 11.0 Å². The second kappa shape index (κ2) is 10.3. The van der Waals surface area contributed by atoms with E-state index in [0.29, 0.717) is 49.3 Å². The number of benzene rings is 2. The quantitative estimate of drug-likeness (QED) is 0.602. The third-order valence-corrected chi connectivity index (χ3v) is 6.77. The monoisotopic (exact) mass is 518 g/mol. The number of rotatable bonds is 7. The van der Waals surface area contributed by atoms with Crippen molar-refractivity contribution >= 4 is 27.9 Å². The van der Waals surface area contributed by atoms with Crippen LogP contribution in [0.5, 0.6) is 17.2 Å². The first-order valence-corrected chi connectivity index (χ1v) is 11.7. The minimum Gasteiger partial charge on any atom is -0.504 e. The number of amides is 2. The van der Waals surface area contributed by atoms with E-state index < -0.39 is 0 Å². The van der Waals surface area contributed by atoms with Crippen LogP contribution in [0.4, 0.5) is 4.79 Å². The summed E-state index contributed by atoms with van der Waals surface area (Å²) in [4.78, 5) is 28.8. The molecule has 0 radical (unpaired) electrons. The second-order valence-electron chi connectivity index (χ2n) is 8.19. The van der Waals surface area contributed by atoms with E-state index in [4.69, 9.17) is 14.2 Å². The molecule has 0 saturated carbocycles. The van der Waals surface area contributed by atoms with Gasteiger partial charge in [-0.3, -0.25) is 4.79 Å². The van der Waals surface area contributed by atoms with Gasteiger partial charge in [0, 0.05) is 23.6 Å². The highest BCUT2D eigenvalue weighted by atomic mass is 79.9.